The van der Waals surface area contributed by atoms with E-state index in [1.165, 1.54) is 0 Å². The van der Waals surface area contributed by atoms with Gasteiger partial charge in [0.2, 0.25) is 5.91 Å². The van der Waals surface area contributed by atoms with Crippen molar-refractivity contribution in [2.45, 2.75) is 58.4 Å². The van der Waals surface area contributed by atoms with Crippen LogP contribution in [0.4, 0.5) is 0 Å². The number of fused-ring (bicyclic) bond motifs is 1. The third kappa shape index (κ3) is 3.67. The Balaban J connectivity index is 1.54. The molecule has 2 fully saturated rings. The quantitative estimate of drug-likeness (QED) is 0.920. The minimum absolute atomic E-state index is 0.0473. The van der Waals surface area contributed by atoms with Gasteiger partial charge in [0.1, 0.15) is 6.10 Å². The van der Waals surface area contributed by atoms with Crippen molar-refractivity contribution in [3.8, 4) is 0 Å². The number of carbonyl (C=O) groups excluding carboxylic acids is 1. The average Bonchev–Trinajstić information content (AvgIpc) is 3.04. The van der Waals surface area contributed by atoms with Gasteiger partial charge in [-0.2, -0.15) is 0 Å². The molecular weight excluding hydrogens is 298 g/mol. The molecule has 2 aliphatic heterocycles. The monoisotopic (exact) mass is 323 g/mol. The van der Waals surface area contributed by atoms with Crippen LogP contribution >= 0.6 is 11.3 Å². The van der Waals surface area contributed by atoms with Crippen molar-refractivity contribution in [1.82, 2.24) is 15.2 Å². The second-order valence-corrected chi connectivity index (χ2v) is 7.77. The number of hydrogen-bond acceptors (Lipinski definition) is 5. The van der Waals surface area contributed by atoms with E-state index < -0.39 is 0 Å². The largest absolute Gasteiger partial charge is 0.364 e. The Morgan fingerprint density at radius 3 is 3.09 bits per heavy atom. The van der Waals surface area contributed by atoms with E-state index in [9.17, 15) is 4.79 Å². The predicted octanol–water partition coefficient (Wildman–Crippen LogP) is 1.96. The van der Waals surface area contributed by atoms with Gasteiger partial charge >= 0.3 is 0 Å². The second-order valence-electron chi connectivity index (χ2n) is 6.70. The molecule has 5 nitrogen and oxygen atoms in total. The van der Waals surface area contributed by atoms with Crippen LogP contribution < -0.4 is 5.32 Å². The van der Waals surface area contributed by atoms with Gasteiger partial charge in [-0.05, 0) is 46.1 Å². The Morgan fingerprint density at radius 2 is 2.41 bits per heavy atom. The molecule has 1 aromatic heterocycles. The maximum Gasteiger partial charge on any atom is 0.249 e. The first-order chi connectivity index (χ1) is 10.5. The average molecular weight is 323 g/mol. The van der Waals surface area contributed by atoms with Gasteiger partial charge in [0, 0.05) is 24.5 Å². The van der Waals surface area contributed by atoms with Crippen LogP contribution in [-0.2, 0) is 16.1 Å². The van der Waals surface area contributed by atoms with Crippen LogP contribution in [0.5, 0.6) is 0 Å². The lowest BCUT2D eigenvalue weighted by Gasteiger charge is -2.33. The summed E-state index contributed by atoms with van der Waals surface area (Å²) in [5.74, 6) is 0.572. The van der Waals surface area contributed by atoms with Gasteiger partial charge in [0.15, 0.2) is 0 Å². The highest BCUT2D eigenvalue weighted by atomic mass is 32.1. The van der Waals surface area contributed by atoms with E-state index in [2.05, 4.69) is 20.6 Å². The van der Waals surface area contributed by atoms with Gasteiger partial charge in [0.05, 0.1) is 16.8 Å². The summed E-state index contributed by atoms with van der Waals surface area (Å²) in [4.78, 5) is 19.1. The standard InChI is InChI=1S/C16H25N3O2S/c1-10(2)17-16(20)14-6-12-4-5-19(8-15(12)21-14)7-13-9-22-11(3)18-13/h9-10,12,14-15H,4-8H2,1-3H3,(H,17,20)/t12-,14-,15+/m1/s1. The molecule has 22 heavy (non-hydrogen) atoms. The number of nitrogens with zero attached hydrogens (tertiary/aromatic N) is 2. The van der Waals surface area contributed by atoms with Gasteiger partial charge in [-0.15, -0.1) is 11.3 Å². The van der Waals surface area contributed by atoms with Gasteiger partial charge in [0.25, 0.3) is 0 Å². The molecule has 3 rings (SSSR count). The Hall–Kier alpha value is -0.980. The highest BCUT2D eigenvalue weighted by Gasteiger charge is 2.41. The molecule has 2 aliphatic rings. The number of rotatable bonds is 4. The van der Waals surface area contributed by atoms with Crippen molar-refractivity contribution in [2.75, 3.05) is 13.1 Å². The fraction of sp³-hybridized carbons (Fsp3) is 0.750. The fourth-order valence-electron chi connectivity index (χ4n) is 3.39. The molecule has 0 spiro atoms. The number of aromatic nitrogens is 1. The molecule has 2 saturated heterocycles. The van der Waals surface area contributed by atoms with Gasteiger partial charge in [-0.3, -0.25) is 9.69 Å². The van der Waals surface area contributed by atoms with Crippen molar-refractivity contribution in [2.24, 2.45) is 5.92 Å². The highest BCUT2D eigenvalue weighted by Crippen LogP contribution is 2.33. The molecule has 0 unspecified atom stereocenters. The van der Waals surface area contributed by atoms with E-state index in [1.807, 2.05) is 20.8 Å². The van der Waals surface area contributed by atoms with E-state index in [1.54, 1.807) is 11.3 Å². The van der Waals surface area contributed by atoms with Crippen molar-refractivity contribution >= 4 is 17.2 Å². The van der Waals surface area contributed by atoms with Gasteiger partial charge < -0.3 is 10.1 Å². The summed E-state index contributed by atoms with van der Waals surface area (Å²) in [6.07, 6.45) is 1.90. The Bertz CT molecular complexity index is 531. The molecule has 1 amide bonds. The number of thiazole rings is 1. The van der Waals surface area contributed by atoms with Crippen LogP contribution in [0, 0.1) is 12.8 Å². The number of amides is 1. The Morgan fingerprint density at radius 1 is 1.59 bits per heavy atom. The zero-order valence-corrected chi connectivity index (χ0v) is 14.4. The number of piperidine rings is 1. The summed E-state index contributed by atoms with van der Waals surface area (Å²) in [5, 5.41) is 6.21. The van der Waals surface area contributed by atoms with E-state index in [4.69, 9.17) is 4.74 Å². The van der Waals surface area contributed by atoms with Crippen molar-refractivity contribution in [3.63, 3.8) is 0 Å². The number of aryl methyl sites for hydroxylation is 1. The molecule has 1 N–H and O–H groups in total. The number of ether oxygens (including phenoxy) is 1. The van der Waals surface area contributed by atoms with Crippen LogP contribution in [0.3, 0.4) is 0 Å². The molecule has 0 radical (unpaired) electrons. The fourth-order valence-corrected chi connectivity index (χ4v) is 4.00. The summed E-state index contributed by atoms with van der Waals surface area (Å²) in [6.45, 7) is 8.87. The van der Waals surface area contributed by atoms with Crippen molar-refractivity contribution in [3.05, 3.63) is 16.1 Å². The molecule has 122 valence electrons. The molecule has 1 aromatic rings. The summed E-state index contributed by atoms with van der Waals surface area (Å²) in [6, 6.07) is 0.170. The first-order valence-electron chi connectivity index (χ1n) is 8.10. The SMILES string of the molecule is Cc1nc(CN2CC[C@@H]3C[C@H](C(=O)NC(C)C)O[C@H]3C2)cs1. The van der Waals surface area contributed by atoms with E-state index in [0.717, 1.165) is 43.2 Å². The van der Waals surface area contributed by atoms with Crippen LogP contribution in [-0.4, -0.2) is 47.1 Å². The maximum absolute atomic E-state index is 12.1. The molecule has 3 heterocycles. The lowest BCUT2D eigenvalue weighted by Crippen LogP contribution is -2.42. The lowest BCUT2D eigenvalue weighted by molar-refractivity contribution is -0.133. The number of likely N-dealkylation sites (tertiary alicyclic amines) is 1. The number of nitrogens with one attached hydrogen (secondary N) is 1. The molecule has 0 aromatic carbocycles. The summed E-state index contributed by atoms with van der Waals surface area (Å²) < 4.78 is 6.03. The second kappa shape index (κ2) is 6.64. The minimum Gasteiger partial charge on any atom is -0.364 e. The third-order valence-electron chi connectivity index (χ3n) is 4.41. The molecule has 0 aliphatic carbocycles. The summed E-state index contributed by atoms with van der Waals surface area (Å²) >= 11 is 1.70. The molecular formula is C16H25N3O2S. The normalized spacial score (nSPS) is 28.8. The Kier molecular flexibility index (Phi) is 4.80. The van der Waals surface area contributed by atoms with Crippen LogP contribution in [0.25, 0.3) is 0 Å². The predicted molar refractivity (Wildman–Crippen MR) is 86.8 cm³/mol. The minimum atomic E-state index is -0.265. The van der Waals surface area contributed by atoms with Crippen LogP contribution in [0.1, 0.15) is 37.4 Å². The smallest absolute Gasteiger partial charge is 0.249 e. The number of carbonyl (C=O) groups is 1. The topological polar surface area (TPSA) is 54.5 Å². The lowest BCUT2D eigenvalue weighted by atomic mass is 9.91. The molecule has 0 saturated carbocycles. The van der Waals surface area contributed by atoms with E-state index in [-0.39, 0.29) is 24.2 Å². The summed E-state index contributed by atoms with van der Waals surface area (Å²) in [5.41, 5.74) is 1.15. The zero-order valence-electron chi connectivity index (χ0n) is 13.5. The van der Waals surface area contributed by atoms with Crippen LogP contribution in [0.2, 0.25) is 0 Å². The van der Waals surface area contributed by atoms with Gasteiger partial charge in [-0.25, -0.2) is 4.98 Å². The number of hydrogen-bond donors (Lipinski definition) is 1. The first kappa shape index (κ1) is 15.9. The maximum atomic E-state index is 12.1. The molecule has 3 atom stereocenters. The van der Waals surface area contributed by atoms with E-state index in [0.29, 0.717) is 5.92 Å². The zero-order chi connectivity index (χ0) is 15.7. The molecule has 6 heteroatoms. The van der Waals surface area contributed by atoms with Gasteiger partial charge in [-0.1, -0.05) is 0 Å². The Labute approximate surface area is 136 Å². The third-order valence-corrected chi connectivity index (χ3v) is 5.23. The highest BCUT2D eigenvalue weighted by molar-refractivity contribution is 7.09. The first-order valence-corrected chi connectivity index (χ1v) is 8.98. The van der Waals surface area contributed by atoms with Crippen molar-refractivity contribution < 1.29 is 9.53 Å². The van der Waals surface area contributed by atoms with E-state index >= 15 is 0 Å². The molecule has 0 bridgehead atoms. The summed E-state index contributed by atoms with van der Waals surface area (Å²) in [7, 11) is 0. The van der Waals surface area contributed by atoms with Crippen LogP contribution in [0.15, 0.2) is 5.38 Å². The van der Waals surface area contributed by atoms with Crippen molar-refractivity contribution in [1.29, 1.82) is 0 Å².